The number of Topliss-reactive ketones (excluding diaryl/α,β-unsaturated/α-hetero) is 1. The second kappa shape index (κ2) is 16.8. The van der Waals surface area contributed by atoms with Crippen LogP contribution in [-0.2, 0) is 35.2 Å². The van der Waals surface area contributed by atoms with Gasteiger partial charge < -0.3 is 0 Å². The van der Waals surface area contributed by atoms with Gasteiger partial charge in [0.05, 0.1) is 5.92 Å². The molecular weight excluding hydrogens is 312 g/mol. The summed E-state index contributed by atoms with van der Waals surface area (Å²) < 4.78 is 15.0. The third-order valence-electron chi connectivity index (χ3n) is 1.89. The molecule has 0 atom stereocenters. The number of hydrogen-bond donors (Lipinski definition) is 0. The van der Waals surface area contributed by atoms with E-state index in [9.17, 15) is 4.79 Å². The molecule has 0 aromatic heterocycles. The standard InChI is InChI=1S/C7H9O.C5H5.2CO.Mo/c1-5(2)6-3-4-7(6)8;1-2-4-5-3-1;2*1-2;/h3H,4H2,1-2H3;1-5H;;;. The fourth-order valence-corrected chi connectivity index (χ4v) is 1.09. The smallest absolute Gasteiger partial charge is 0 e. The van der Waals surface area contributed by atoms with Crippen molar-refractivity contribution in [2.24, 2.45) is 0 Å². The molecule has 4 heteroatoms. The molecule has 0 aromatic rings. The summed E-state index contributed by atoms with van der Waals surface area (Å²) in [5.74, 6) is 2.37. The van der Waals surface area contributed by atoms with Gasteiger partial charge in [0.2, 0.25) is 0 Å². The van der Waals surface area contributed by atoms with Gasteiger partial charge in [0.1, 0.15) is 5.78 Å². The third-order valence-corrected chi connectivity index (χ3v) is 1.89. The zero-order valence-electron chi connectivity index (χ0n) is 10.3. The van der Waals surface area contributed by atoms with E-state index in [0.717, 1.165) is 11.8 Å². The molecule has 2 rings (SSSR count). The molecule has 0 unspecified atom stereocenters. The van der Waals surface area contributed by atoms with Crippen molar-refractivity contribution in [3.63, 3.8) is 0 Å². The van der Waals surface area contributed by atoms with Crippen LogP contribution in [0.25, 0.3) is 0 Å². The molecule has 0 aromatic carbocycles. The van der Waals surface area contributed by atoms with Crippen molar-refractivity contribution < 1.29 is 35.2 Å². The van der Waals surface area contributed by atoms with E-state index >= 15 is 0 Å². The molecule has 2 saturated carbocycles. The number of carbonyl (C=O) groups is 1. The molecule has 0 N–H and O–H groups in total. The van der Waals surface area contributed by atoms with Crippen LogP contribution in [0, 0.1) is 63.7 Å². The van der Waals surface area contributed by atoms with E-state index in [1.807, 2.05) is 52.4 Å². The number of ketones is 1. The summed E-state index contributed by atoms with van der Waals surface area (Å²) >= 11 is 0. The Morgan fingerprint density at radius 1 is 1.00 bits per heavy atom. The Balaban J connectivity index is -0.000000196. The maximum absolute atomic E-state index is 10.6. The van der Waals surface area contributed by atoms with Crippen LogP contribution < -0.4 is 0 Å². The molecule has 94 valence electrons. The fraction of sp³-hybridized carbons (Fsp3) is 0.214. The van der Waals surface area contributed by atoms with E-state index in [-0.39, 0.29) is 21.1 Å². The van der Waals surface area contributed by atoms with Gasteiger partial charge in [0.15, 0.2) is 0 Å². The molecule has 2 aliphatic carbocycles. The van der Waals surface area contributed by atoms with E-state index in [0.29, 0.717) is 12.2 Å². The van der Waals surface area contributed by atoms with Gasteiger partial charge in [0.25, 0.3) is 0 Å². The minimum Gasteiger partial charge on any atom is -0.0312 e. The van der Waals surface area contributed by atoms with Crippen LogP contribution >= 0.6 is 0 Å². The molecule has 0 bridgehead atoms. The van der Waals surface area contributed by atoms with Crippen molar-refractivity contribution in [1.29, 1.82) is 0 Å². The van der Waals surface area contributed by atoms with Crippen molar-refractivity contribution in [1.82, 2.24) is 0 Å². The Hall–Kier alpha value is -0.162. The molecular formula is C14H14MoO3. The molecule has 3 nitrogen and oxygen atoms in total. The second-order valence-corrected chi connectivity index (χ2v) is 3.21. The summed E-state index contributed by atoms with van der Waals surface area (Å²) in [5.41, 5.74) is 0. The van der Waals surface area contributed by atoms with E-state index in [1.165, 1.54) is 0 Å². The molecule has 0 saturated heterocycles. The summed E-state index contributed by atoms with van der Waals surface area (Å²) in [4.78, 5) is 10.6. The Labute approximate surface area is 125 Å². The molecule has 0 amide bonds. The van der Waals surface area contributed by atoms with Crippen LogP contribution in [0.2, 0.25) is 0 Å². The monoisotopic (exact) mass is 328 g/mol. The first-order chi connectivity index (χ1) is 8.22. The number of carbonyl (C=O) groups excluding carboxylic acids is 1. The van der Waals surface area contributed by atoms with E-state index in [1.54, 1.807) is 0 Å². The van der Waals surface area contributed by atoms with Gasteiger partial charge in [0, 0.05) is 27.5 Å². The van der Waals surface area contributed by atoms with Crippen molar-refractivity contribution in [3.8, 4) is 0 Å². The summed E-state index contributed by atoms with van der Waals surface area (Å²) in [6, 6.07) is 0. The van der Waals surface area contributed by atoms with E-state index in [2.05, 4.69) is 13.3 Å². The molecule has 18 heavy (non-hydrogen) atoms. The number of rotatable bonds is 1. The average molecular weight is 326 g/mol. The van der Waals surface area contributed by atoms with Crippen LogP contribution in [0.5, 0.6) is 0 Å². The fourth-order valence-electron chi connectivity index (χ4n) is 1.09. The zero-order chi connectivity index (χ0) is 13.7. The Kier molecular flexibility index (Phi) is 21.5. The summed E-state index contributed by atoms with van der Waals surface area (Å²) in [5, 5.41) is 0. The van der Waals surface area contributed by atoms with Crippen LogP contribution in [0.1, 0.15) is 20.3 Å². The van der Waals surface area contributed by atoms with Gasteiger partial charge >= 0.3 is 22.6 Å². The van der Waals surface area contributed by atoms with E-state index in [4.69, 9.17) is 9.30 Å². The quantitative estimate of drug-likeness (QED) is 0.414. The first-order valence-corrected chi connectivity index (χ1v) is 4.83. The Morgan fingerprint density at radius 2 is 1.33 bits per heavy atom. The molecule has 0 spiro atoms. The van der Waals surface area contributed by atoms with E-state index < -0.39 is 0 Å². The average Bonchev–Trinajstić information content (AvgIpc) is 2.90. The largest absolute Gasteiger partial charge is 0.0312 e. The topological polar surface area (TPSA) is 56.9 Å². The normalized spacial score (nSPS) is 16.5. The Bertz CT molecular complexity index is 216. The predicted octanol–water partition coefficient (Wildman–Crippen LogP) is 2.30. The van der Waals surface area contributed by atoms with Crippen LogP contribution in [0.4, 0.5) is 0 Å². The zero-order valence-corrected chi connectivity index (χ0v) is 12.3. The molecule has 8 radical (unpaired) electrons. The van der Waals surface area contributed by atoms with Crippen molar-refractivity contribution in [2.75, 3.05) is 0 Å². The molecule has 0 heterocycles. The summed E-state index contributed by atoms with van der Waals surface area (Å²) in [6.45, 7) is 12.9. The maximum Gasteiger partial charge on any atom is 0 e. The van der Waals surface area contributed by atoms with Gasteiger partial charge in [-0.2, -0.15) is 0 Å². The van der Waals surface area contributed by atoms with Gasteiger partial charge in [-0.3, -0.25) is 4.79 Å². The molecule has 0 aliphatic heterocycles. The number of hydrogen-bond acceptors (Lipinski definition) is 1. The van der Waals surface area contributed by atoms with Gasteiger partial charge in [-0.25, -0.2) is 0 Å². The molecule has 2 fully saturated rings. The first-order valence-electron chi connectivity index (χ1n) is 4.83. The van der Waals surface area contributed by atoms with Crippen molar-refractivity contribution >= 4 is 5.78 Å². The first kappa shape index (κ1) is 23.0. The SMILES string of the molecule is C[C](C)[C]1[CH]CC1=O.[C-]#[O+].[C-]#[O+].[CH]1[CH][CH][CH][CH]1.[Mo]. The summed E-state index contributed by atoms with van der Waals surface area (Å²) in [7, 11) is 0. The van der Waals surface area contributed by atoms with Gasteiger partial charge in [-0.15, -0.1) is 0 Å². The minimum absolute atomic E-state index is 0. The molecule has 2 aliphatic rings. The summed E-state index contributed by atoms with van der Waals surface area (Å²) in [6.07, 6.45) is 12.6. The van der Waals surface area contributed by atoms with Gasteiger partial charge in [-0.05, 0) is 44.4 Å². The minimum atomic E-state index is 0. The van der Waals surface area contributed by atoms with Gasteiger partial charge in [-0.1, -0.05) is 13.8 Å². The van der Waals surface area contributed by atoms with Crippen molar-refractivity contribution in [2.45, 2.75) is 20.3 Å². The predicted molar refractivity (Wildman–Crippen MR) is 61.1 cm³/mol. The van der Waals surface area contributed by atoms with Crippen LogP contribution in [0.15, 0.2) is 0 Å². The second-order valence-electron chi connectivity index (χ2n) is 3.21. The maximum atomic E-state index is 10.6. The third kappa shape index (κ3) is 11.0. The Morgan fingerprint density at radius 3 is 1.39 bits per heavy atom. The van der Waals surface area contributed by atoms with Crippen LogP contribution in [0.3, 0.4) is 0 Å². The van der Waals surface area contributed by atoms with Crippen LogP contribution in [-0.4, -0.2) is 5.78 Å². The van der Waals surface area contributed by atoms with Crippen molar-refractivity contribution in [3.05, 3.63) is 63.7 Å².